The van der Waals surface area contributed by atoms with Crippen molar-refractivity contribution in [3.8, 4) is 0 Å². The monoisotopic (exact) mass is 276 g/mol. The number of hydrogen-bond donors (Lipinski definition) is 1. The van der Waals surface area contributed by atoms with Crippen molar-refractivity contribution < 1.29 is 9.53 Å². The maximum atomic E-state index is 12.0. The number of nitrogens with zero attached hydrogens (tertiary/aromatic N) is 1. The Kier molecular flexibility index (Phi) is 5.56. The molecule has 0 bridgehead atoms. The van der Waals surface area contributed by atoms with Gasteiger partial charge in [-0.2, -0.15) is 0 Å². The molecule has 20 heavy (non-hydrogen) atoms. The largest absolute Gasteiger partial charge is 0.461 e. The Morgan fingerprint density at radius 3 is 2.90 bits per heavy atom. The number of esters is 1. The molecule has 1 heterocycles. The minimum absolute atomic E-state index is 0.0840. The Bertz CT molecular complexity index is 422. The fraction of sp³-hybridized carbons (Fsp3) is 0.562. The molecule has 0 aromatic heterocycles. The molecular formula is C16H24N2O2. The molecule has 0 spiro atoms. The van der Waals surface area contributed by atoms with Gasteiger partial charge >= 0.3 is 5.97 Å². The van der Waals surface area contributed by atoms with Crippen LogP contribution in [-0.4, -0.2) is 43.1 Å². The van der Waals surface area contributed by atoms with E-state index < -0.39 is 0 Å². The number of hydrogen-bond acceptors (Lipinski definition) is 4. The van der Waals surface area contributed by atoms with Gasteiger partial charge in [-0.3, -0.25) is 9.69 Å². The molecule has 0 aliphatic carbocycles. The topological polar surface area (TPSA) is 41.6 Å². The Morgan fingerprint density at radius 2 is 2.20 bits per heavy atom. The third-order valence-electron chi connectivity index (χ3n) is 3.77. The van der Waals surface area contributed by atoms with Crippen LogP contribution in [0.5, 0.6) is 0 Å². The first-order valence-electron chi connectivity index (χ1n) is 7.32. The summed E-state index contributed by atoms with van der Waals surface area (Å²) in [5.74, 6) is -0.196. The maximum Gasteiger partial charge on any atom is 0.310 e. The fourth-order valence-corrected chi connectivity index (χ4v) is 2.45. The zero-order valence-corrected chi connectivity index (χ0v) is 12.3. The van der Waals surface area contributed by atoms with Gasteiger partial charge in [-0.1, -0.05) is 37.3 Å². The summed E-state index contributed by atoms with van der Waals surface area (Å²) in [6, 6.07) is 10.3. The van der Waals surface area contributed by atoms with Gasteiger partial charge in [0.1, 0.15) is 6.61 Å². The number of benzene rings is 1. The minimum atomic E-state index is -0.111. The second-order valence-corrected chi connectivity index (χ2v) is 5.54. The van der Waals surface area contributed by atoms with Crippen molar-refractivity contribution in [1.82, 2.24) is 10.2 Å². The summed E-state index contributed by atoms with van der Waals surface area (Å²) >= 11 is 0. The highest BCUT2D eigenvalue weighted by molar-refractivity contribution is 5.72. The molecule has 110 valence electrons. The van der Waals surface area contributed by atoms with Crippen LogP contribution in [0.2, 0.25) is 0 Å². The number of piperazine rings is 1. The molecule has 1 aromatic rings. The lowest BCUT2D eigenvalue weighted by molar-refractivity contribution is -0.150. The van der Waals surface area contributed by atoms with Gasteiger partial charge in [0.2, 0.25) is 0 Å². The molecule has 0 radical (unpaired) electrons. The standard InChI is InChI=1S/C16H24N2O2/c1-13(11-18-9-8-17-10-14(18)2)16(19)20-12-15-6-4-3-5-7-15/h3-7,13-14,17H,8-12H2,1-2H3/t13?,14-/m1/s1. The highest BCUT2D eigenvalue weighted by Crippen LogP contribution is 2.10. The van der Waals surface area contributed by atoms with Gasteiger partial charge in [-0.25, -0.2) is 0 Å². The normalized spacial score (nSPS) is 21.4. The molecule has 1 N–H and O–H groups in total. The summed E-state index contributed by atoms with van der Waals surface area (Å²) in [6.45, 7) is 8.26. The van der Waals surface area contributed by atoms with Crippen molar-refractivity contribution in [3.05, 3.63) is 35.9 Å². The van der Waals surface area contributed by atoms with Crippen molar-refractivity contribution in [3.63, 3.8) is 0 Å². The van der Waals surface area contributed by atoms with Crippen molar-refractivity contribution in [2.24, 2.45) is 5.92 Å². The van der Waals surface area contributed by atoms with E-state index in [0.29, 0.717) is 12.6 Å². The van der Waals surface area contributed by atoms with E-state index in [9.17, 15) is 4.79 Å². The Balaban J connectivity index is 1.77. The summed E-state index contributed by atoms with van der Waals surface area (Å²) in [5.41, 5.74) is 1.03. The summed E-state index contributed by atoms with van der Waals surface area (Å²) in [6.07, 6.45) is 0. The Labute approximate surface area is 121 Å². The van der Waals surface area contributed by atoms with Crippen LogP contribution >= 0.6 is 0 Å². The van der Waals surface area contributed by atoms with Crippen LogP contribution in [0.3, 0.4) is 0 Å². The van der Waals surface area contributed by atoms with E-state index in [0.717, 1.165) is 31.7 Å². The molecule has 4 heteroatoms. The number of rotatable bonds is 5. The molecule has 4 nitrogen and oxygen atoms in total. The summed E-state index contributed by atoms with van der Waals surface area (Å²) < 4.78 is 5.39. The highest BCUT2D eigenvalue weighted by atomic mass is 16.5. The number of nitrogens with one attached hydrogen (secondary N) is 1. The first-order valence-corrected chi connectivity index (χ1v) is 7.32. The molecule has 2 rings (SSSR count). The van der Waals surface area contributed by atoms with E-state index in [1.807, 2.05) is 37.3 Å². The first-order chi connectivity index (χ1) is 9.66. The lowest BCUT2D eigenvalue weighted by Gasteiger charge is -2.35. The highest BCUT2D eigenvalue weighted by Gasteiger charge is 2.23. The lowest BCUT2D eigenvalue weighted by atomic mass is 10.1. The average molecular weight is 276 g/mol. The van der Waals surface area contributed by atoms with Crippen LogP contribution in [0.15, 0.2) is 30.3 Å². The van der Waals surface area contributed by atoms with Crippen LogP contribution in [-0.2, 0) is 16.1 Å². The average Bonchev–Trinajstić information content (AvgIpc) is 2.48. The third-order valence-corrected chi connectivity index (χ3v) is 3.77. The maximum absolute atomic E-state index is 12.0. The number of carbonyl (C=O) groups excluding carboxylic acids is 1. The van der Waals surface area contributed by atoms with Gasteiger partial charge in [-0.15, -0.1) is 0 Å². The molecule has 1 unspecified atom stereocenters. The zero-order chi connectivity index (χ0) is 14.4. The predicted octanol–water partition coefficient (Wildman–Crippen LogP) is 1.66. The van der Waals surface area contributed by atoms with Crippen LogP contribution < -0.4 is 5.32 Å². The van der Waals surface area contributed by atoms with E-state index in [-0.39, 0.29) is 11.9 Å². The summed E-state index contributed by atoms with van der Waals surface area (Å²) in [5, 5.41) is 3.36. The molecule has 1 aromatic carbocycles. The SMILES string of the molecule is CC(CN1CCNC[C@H]1C)C(=O)OCc1ccccc1. The molecule has 1 saturated heterocycles. The smallest absolute Gasteiger partial charge is 0.310 e. The fourth-order valence-electron chi connectivity index (χ4n) is 2.45. The predicted molar refractivity (Wildman–Crippen MR) is 79.3 cm³/mol. The second kappa shape index (κ2) is 7.41. The van der Waals surface area contributed by atoms with E-state index in [2.05, 4.69) is 17.1 Å². The third kappa shape index (κ3) is 4.32. The quantitative estimate of drug-likeness (QED) is 0.831. The van der Waals surface area contributed by atoms with Crippen LogP contribution in [0.4, 0.5) is 0 Å². The van der Waals surface area contributed by atoms with Crippen LogP contribution in [0.1, 0.15) is 19.4 Å². The molecule has 0 saturated carbocycles. The van der Waals surface area contributed by atoms with Crippen molar-refractivity contribution in [2.75, 3.05) is 26.2 Å². The molecule has 1 aliphatic rings. The summed E-state index contributed by atoms with van der Waals surface area (Å²) in [4.78, 5) is 14.4. The number of ether oxygens (including phenoxy) is 1. The van der Waals surface area contributed by atoms with Crippen molar-refractivity contribution in [1.29, 1.82) is 0 Å². The Hall–Kier alpha value is -1.39. The molecule has 0 amide bonds. The van der Waals surface area contributed by atoms with Crippen molar-refractivity contribution in [2.45, 2.75) is 26.5 Å². The van der Waals surface area contributed by atoms with E-state index >= 15 is 0 Å². The second-order valence-electron chi connectivity index (χ2n) is 5.54. The van der Waals surface area contributed by atoms with Gasteiger partial charge in [0.25, 0.3) is 0 Å². The van der Waals surface area contributed by atoms with Gasteiger partial charge < -0.3 is 10.1 Å². The van der Waals surface area contributed by atoms with E-state index in [4.69, 9.17) is 4.74 Å². The van der Waals surface area contributed by atoms with Gasteiger partial charge in [0.05, 0.1) is 5.92 Å². The molecular weight excluding hydrogens is 252 g/mol. The van der Waals surface area contributed by atoms with Crippen molar-refractivity contribution >= 4 is 5.97 Å². The molecule has 1 fully saturated rings. The van der Waals surface area contributed by atoms with Crippen LogP contribution in [0, 0.1) is 5.92 Å². The first kappa shape index (κ1) is 15.0. The minimum Gasteiger partial charge on any atom is -0.461 e. The molecule has 1 aliphatic heterocycles. The molecule has 2 atom stereocenters. The lowest BCUT2D eigenvalue weighted by Crippen LogP contribution is -2.51. The number of carbonyl (C=O) groups is 1. The van der Waals surface area contributed by atoms with E-state index in [1.165, 1.54) is 0 Å². The zero-order valence-electron chi connectivity index (χ0n) is 12.3. The van der Waals surface area contributed by atoms with Gasteiger partial charge in [0, 0.05) is 32.2 Å². The van der Waals surface area contributed by atoms with E-state index in [1.54, 1.807) is 0 Å². The Morgan fingerprint density at radius 1 is 1.45 bits per heavy atom. The summed E-state index contributed by atoms with van der Waals surface area (Å²) in [7, 11) is 0. The van der Waals surface area contributed by atoms with Crippen LogP contribution in [0.25, 0.3) is 0 Å². The van der Waals surface area contributed by atoms with Gasteiger partial charge in [0.15, 0.2) is 0 Å². The van der Waals surface area contributed by atoms with Gasteiger partial charge in [-0.05, 0) is 12.5 Å².